The highest BCUT2D eigenvalue weighted by molar-refractivity contribution is 5.44. The molecule has 2 unspecified atom stereocenters. The van der Waals surface area contributed by atoms with Gasteiger partial charge in [-0.3, -0.25) is 0 Å². The van der Waals surface area contributed by atoms with Gasteiger partial charge >= 0.3 is 0 Å². The van der Waals surface area contributed by atoms with E-state index in [0.717, 1.165) is 36.7 Å². The Morgan fingerprint density at radius 3 is 2.50 bits per heavy atom. The van der Waals surface area contributed by atoms with E-state index in [0.29, 0.717) is 11.1 Å². The zero-order valence-electron chi connectivity index (χ0n) is 11.2. The Kier molecular flexibility index (Phi) is 2.38. The van der Waals surface area contributed by atoms with Crippen LogP contribution in [0.3, 0.4) is 0 Å². The first-order chi connectivity index (χ1) is 8.50. The predicted octanol–water partition coefficient (Wildman–Crippen LogP) is 2.68. The van der Waals surface area contributed by atoms with Crippen molar-refractivity contribution >= 4 is 5.82 Å². The maximum atomic E-state index is 8.88. The molecule has 0 amide bonds. The molecule has 0 aromatic carbocycles. The van der Waals surface area contributed by atoms with Crippen molar-refractivity contribution in [3.63, 3.8) is 0 Å². The number of aromatic nitrogens is 1. The number of fused-ring (bicyclic) bond motifs is 1. The van der Waals surface area contributed by atoms with Gasteiger partial charge in [-0.25, -0.2) is 4.98 Å². The minimum Gasteiger partial charge on any atom is -0.356 e. The second-order valence-corrected chi connectivity index (χ2v) is 6.62. The monoisotopic (exact) mass is 241 g/mol. The minimum atomic E-state index is 0.434. The molecule has 1 aliphatic carbocycles. The summed E-state index contributed by atoms with van der Waals surface area (Å²) in [5.41, 5.74) is 0.948. The van der Waals surface area contributed by atoms with Crippen molar-refractivity contribution in [2.45, 2.75) is 20.8 Å². The molecule has 3 rings (SSSR count). The summed E-state index contributed by atoms with van der Waals surface area (Å²) in [6, 6.07) is 7.80. The molecule has 2 heterocycles. The summed E-state index contributed by atoms with van der Waals surface area (Å²) in [6.07, 6.45) is 0. The van der Waals surface area contributed by atoms with Gasteiger partial charge in [0.1, 0.15) is 17.6 Å². The minimum absolute atomic E-state index is 0.434. The lowest BCUT2D eigenvalue weighted by molar-refractivity contribution is 0.309. The highest BCUT2D eigenvalue weighted by Gasteiger charge is 2.59. The fourth-order valence-electron chi connectivity index (χ4n) is 3.66. The summed E-state index contributed by atoms with van der Waals surface area (Å²) in [5, 5.41) is 8.88. The number of nitriles is 1. The van der Waals surface area contributed by atoms with Crippen LogP contribution in [0.4, 0.5) is 5.82 Å². The van der Waals surface area contributed by atoms with Crippen LogP contribution in [0.1, 0.15) is 26.5 Å². The van der Waals surface area contributed by atoms with Crippen molar-refractivity contribution in [1.82, 2.24) is 4.98 Å². The Morgan fingerprint density at radius 2 is 1.94 bits per heavy atom. The second-order valence-electron chi connectivity index (χ2n) is 6.62. The Labute approximate surface area is 108 Å². The average molecular weight is 241 g/mol. The Hall–Kier alpha value is -1.56. The molecule has 0 bridgehead atoms. The molecule has 18 heavy (non-hydrogen) atoms. The van der Waals surface area contributed by atoms with Crippen molar-refractivity contribution in [3.05, 3.63) is 23.9 Å². The number of hydrogen-bond donors (Lipinski definition) is 0. The molecule has 2 fully saturated rings. The molecular formula is C15H19N3. The lowest BCUT2D eigenvalue weighted by Gasteiger charge is -2.26. The summed E-state index contributed by atoms with van der Waals surface area (Å²) in [5.74, 6) is 3.50. The fraction of sp³-hybridized carbons (Fsp3) is 0.600. The topological polar surface area (TPSA) is 39.9 Å². The van der Waals surface area contributed by atoms with E-state index in [4.69, 9.17) is 5.26 Å². The van der Waals surface area contributed by atoms with Gasteiger partial charge in [0.25, 0.3) is 0 Å². The molecule has 3 nitrogen and oxygen atoms in total. The number of nitrogens with zero attached hydrogens (tertiary/aromatic N) is 3. The van der Waals surface area contributed by atoms with Crippen LogP contribution >= 0.6 is 0 Å². The number of hydrogen-bond acceptors (Lipinski definition) is 3. The van der Waals surface area contributed by atoms with Gasteiger partial charge in [-0.15, -0.1) is 0 Å². The molecule has 1 aromatic heterocycles. The summed E-state index contributed by atoms with van der Waals surface area (Å²) in [4.78, 5) is 6.71. The molecule has 94 valence electrons. The van der Waals surface area contributed by atoms with Crippen LogP contribution in [0.25, 0.3) is 0 Å². The van der Waals surface area contributed by atoms with Crippen LogP contribution in [-0.2, 0) is 0 Å². The Bertz CT molecular complexity index is 497. The highest BCUT2D eigenvalue weighted by atomic mass is 15.2. The molecular weight excluding hydrogens is 222 g/mol. The van der Waals surface area contributed by atoms with Crippen LogP contribution in [0.15, 0.2) is 18.2 Å². The first kappa shape index (κ1) is 11.5. The van der Waals surface area contributed by atoms with Crippen molar-refractivity contribution in [2.75, 3.05) is 18.0 Å². The van der Waals surface area contributed by atoms with Gasteiger partial charge in [0.05, 0.1) is 0 Å². The SMILES string of the molecule is CC(C)(C)C1C2CN(c3cccc(C#N)n3)CC21. The lowest BCUT2D eigenvalue weighted by atomic mass is 9.87. The number of piperidine rings is 1. The van der Waals surface area contributed by atoms with Crippen LogP contribution in [0.5, 0.6) is 0 Å². The molecule has 2 aliphatic rings. The maximum absolute atomic E-state index is 8.88. The number of rotatable bonds is 1. The van der Waals surface area contributed by atoms with E-state index in [-0.39, 0.29) is 0 Å². The molecule has 0 N–H and O–H groups in total. The summed E-state index contributed by atoms with van der Waals surface area (Å²) in [7, 11) is 0. The van der Waals surface area contributed by atoms with E-state index in [1.54, 1.807) is 6.07 Å². The molecule has 1 aromatic rings. The van der Waals surface area contributed by atoms with Gasteiger partial charge in [-0.05, 0) is 35.3 Å². The van der Waals surface area contributed by atoms with Crippen molar-refractivity contribution < 1.29 is 0 Å². The summed E-state index contributed by atoms with van der Waals surface area (Å²) >= 11 is 0. The maximum Gasteiger partial charge on any atom is 0.142 e. The third kappa shape index (κ3) is 1.77. The van der Waals surface area contributed by atoms with E-state index < -0.39 is 0 Å². The first-order valence-corrected chi connectivity index (χ1v) is 6.63. The third-order valence-electron chi connectivity index (χ3n) is 4.37. The Balaban J connectivity index is 1.71. The van der Waals surface area contributed by atoms with E-state index >= 15 is 0 Å². The van der Waals surface area contributed by atoms with Crippen molar-refractivity contribution in [1.29, 1.82) is 5.26 Å². The van der Waals surface area contributed by atoms with E-state index in [2.05, 4.69) is 36.7 Å². The van der Waals surface area contributed by atoms with Gasteiger partial charge in [0, 0.05) is 13.1 Å². The summed E-state index contributed by atoms with van der Waals surface area (Å²) in [6.45, 7) is 9.24. The zero-order chi connectivity index (χ0) is 12.9. The third-order valence-corrected chi connectivity index (χ3v) is 4.37. The van der Waals surface area contributed by atoms with Gasteiger partial charge < -0.3 is 4.90 Å². The lowest BCUT2D eigenvalue weighted by Crippen LogP contribution is -2.28. The molecule has 2 atom stereocenters. The molecule has 1 saturated carbocycles. The molecule has 0 spiro atoms. The van der Waals surface area contributed by atoms with E-state index in [9.17, 15) is 0 Å². The first-order valence-electron chi connectivity index (χ1n) is 6.63. The predicted molar refractivity (Wildman–Crippen MR) is 71.1 cm³/mol. The van der Waals surface area contributed by atoms with Gasteiger partial charge in [-0.1, -0.05) is 26.8 Å². The Morgan fingerprint density at radius 1 is 1.28 bits per heavy atom. The smallest absolute Gasteiger partial charge is 0.142 e. The largest absolute Gasteiger partial charge is 0.356 e. The van der Waals surface area contributed by atoms with Crippen LogP contribution in [0, 0.1) is 34.5 Å². The molecule has 3 heteroatoms. The van der Waals surface area contributed by atoms with Crippen LogP contribution in [-0.4, -0.2) is 18.1 Å². The molecule has 1 saturated heterocycles. The molecule has 0 radical (unpaired) electrons. The number of pyridine rings is 1. The highest BCUT2D eigenvalue weighted by Crippen LogP contribution is 2.60. The van der Waals surface area contributed by atoms with Crippen molar-refractivity contribution in [2.24, 2.45) is 23.2 Å². The second kappa shape index (κ2) is 3.71. The average Bonchev–Trinajstić information content (AvgIpc) is 2.87. The van der Waals surface area contributed by atoms with Crippen LogP contribution in [0.2, 0.25) is 0 Å². The van der Waals surface area contributed by atoms with Crippen molar-refractivity contribution in [3.8, 4) is 6.07 Å². The van der Waals surface area contributed by atoms with Gasteiger partial charge in [-0.2, -0.15) is 5.26 Å². The zero-order valence-corrected chi connectivity index (χ0v) is 11.2. The molecule has 1 aliphatic heterocycles. The van der Waals surface area contributed by atoms with Gasteiger partial charge in [0.2, 0.25) is 0 Å². The standard InChI is InChI=1S/C15H19N3/c1-15(2,3)14-11-8-18(9-12(11)14)13-6-4-5-10(7-16)17-13/h4-6,11-12,14H,8-9H2,1-3H3. The van der Waals surface area contributed by atoms with E-state index in [1.807, 2.05) is 12.1 Å². The van der Waals surface area contributed by atoms with Gasteiger partial charge in [0.15, 0.2) is 0 Å². The number of anilines is 1. The van der Waals surface area contributed by atoms with Crippen LogP contribution < -0.4 is 4.90 Å². The fourth-order valence-corrected chi connectivity index (χ4v) is 3.66. The summed E-state index contributed by atoms with van der Waals surface area (Å²) < 4.78 is 0. The quantitative estimate of drug-likeness (QED) is 0.759. The normalized spacial score (nSPS) is 29.9. The van der Waals surface area contributed by atoms with E-state index in [1.165, 1.54) is 0 Å².